The van der Waals surface area contributed by atoms with Crippen molar-refractivity contribution in [1.82, 2.24) is 24.6 Å². The van der Waals surface area contributed by atoms with Crippen LogP contribution in [0.2, 0.25) is 5.02 Å². The maximum atomic E-state index is 6.08. The van der Waals surface area contributed by atoms with Gasteiger partial charge in [0.25, 0.3) is 0 Å². The van der Waals surface area contributed by atoms with Crippen LogP contribution in [0.15, 0.2) is 60.0 Å². The Kier molecular flexibility index (Phi) is 7.73. The van der Waals surface area contributed by atoms with E-state index in [2.05, 4.69) is 32.4 Å². The molecule has 0 aliphatic heterocycles. The van der Waals surface area contributed by atoms with E-state index in [4.69, 9.17) is 11.6 Å². The van der Waals surface area contributed by atoms with Crippen molar-refractivity contribution in [2.45, 2.75) is 13.1 Å². The van der Waals surface area contributed by atoms with E-state index >= 15 is 0 Å². The molecule has 3 rings (SSSR count). The summed E-state index contributed by atoms with van der Waals surface area (Å²) in [6.07, 6.45) is 5.63. The van der Waals surface area contributed by atoms with Gasteiger partial charge in [0.1, 0.15) is 0 Å². The van der Waals surface area contributed by atoms with Gasteiger partial charge in [-0.1, -0.05) is 29.8 Å². The number of benzene rings is 1. The van der Waals surface area contributed by atoms with E-state index in [0.29, 0.717) is 13.1 Å². The summed E-state index contributed by atoms with van der Waals surface area (Å²) in [5.41, 5.74) is 3.32. The van der Waals surface area contributed by atoms with Gasteiger partial charge >= 0.3 is 0 Å². The van der Waals surface area contributed by atoms with Gasteiger partial charge in [-0.05, 0) is 23.8 Å². The fourth-order valence-electron chi connectivity index (χ4n) is 2.90. The maximum absolute atomic E-state index is 6.08. The second-order valence-corrected chi connectivity index (χ2v) is 6.53. The topological polar surface area (TPSA) is 50.4 Å². The third-order valence-corrected chi connectivity index (χ3v) is 4.43. The molecule has 144 valence electrons. The smallest absolute Gasteiger partial charge is 0.194 e. The highest BCUT2D eigenvalue weighted by Gasteiger charge is 2.11. The van der Waals surface area contributed by atoms with E-state index in [-0.39, 0.29) is 24.0 Å². The average Bonchev–Trinajstić information content (AvgIpc) is 3.26. The Bertz CT molecular complexity index is 888. The molecule has 0 fully saturated rings. The number of hydrogen-bond acceptors (Lipinski definition) is 2. The summed E-state index contributed by atoms with van der Waals surface area (Å²) < 4.78 is 3.90. The molecule has 6 nitrogen and oxygen atoms in total. The molecule has 0 bridgehead atoms. The molecule has 0 saturated heterocycles. The summed E-state index contributed by atoms with van der Waals surface area (Å²) in [6, 6.07) is 12.1. The van der Waals surface area contributed by atoms with Gasteiger partial charge in [-0.2, -0.15) is 5.10 Å². The van der Waals surface area contributed by atoms with Crippen molar-refractivity contribution >= 4 is 41.5 Å². The monoisotopic (exact) mass is 498 g/mol. The molecule has 0 amide bonds. The highest BCUT2D eigenvalue weighted by atomic mass is 127. The maximum Gasteiger partial charge on any atom is 0.194 e. The third-order valence-electron chi connectivity index (χ3n) is 4.23. The van der Waals surface area contributed by atoms with Gasteiger partial charge in [0.15, 0.2) is 5.96 Å². The summed E-state index contributed by atoms with van der Waals surface area (Å²) in [6.45, 7) is 1.37. The lowest BCUT2D eigenvalue weighted by molar-refractivity contribution is 0.461. The van der Waals surface area contributed by atoms with Gasteiger partial charge in [0.05, 0.1) is 17.3 Å². The Labute approximate surface area is 181 Å². The molecule has 3 aromatic rings. The molecule has 8 heteroatoms. The number of nitrogens with zero attached hydrogens (tertiary/aromatic N) is 5. The molecule has 0 aliphatic rings. The van der Waals surface area contributed by atoms with Gasteiger partial charge in [0.2, 0.25) is 0 Å². The van der Waals surface area contributed by atoms with Gasteiger partial charge in [0, 0.05) is 52.0 Å². The number of hydrogen-bond donors (Lipinski definition) is 1. The molecule has 27 heavy (non-hydrogen) atoms. The van der Waals surface area contributed by atoms with Crippen molar-refractivity contribution in [3.63, 3.8) is 0 Å². The minimum atomic E-state index is 0. The molecular formula is C19H24ClIN6. The van der Waals surface area contributed by atoms with Gasteiger partial charge < -0.3 is 14.8 Å². The first-order valence-electron chi connectivity index (χ1n) is 8.39. The molecule has 0 atom stereocenters. The largest absolute Gasteiger partial charge is 0.352 e. The Morgan fingerprint density at radius 1 is 1.30 bits per heavy atom. The first-order chi connectivity index (χ1) is 12.6. The molecule has 1 N–H and O–H groups in total. The van der Waals surface area contributed by atoms with E-state index < -0.39 is 0 Å². The minimum absolute atomic E-state index is 0. The lowest BCUT2D eigenvalue weighted by atomic mass is 10.2. The van der Waals surface area contributed by atoms with Crippen LogP contribution in [0.4, 0.5) is 0 Å². The standard InChI is InChI=1S/C19H23ClN6.HI/c1-21-19(25(3)14-17-11-16(20)13-24(17)2)22-12-15-7-4-5-8-18(15)26-10-6-9-23-26;/h4-11,13H,12,14H2,1-3H3,(H,21,22);1H. The average molecular weight is 499 g/mol. The summed E-state index contributed by atoms with van der Waals surface area (Å²) in [4.78, 5) is 6.47. The Hall–Kier alpha value is -2.00. The van der Waals surface area contributed by atoms with Crippen LogP contribution in [0.25, 0.3) is 5.69 Å². The second-order valence-electron chi connectivity index (χ2n) is 6.10. The van der Waals surface area contributed by atoms with Crippen molar-refractivity contribution in [3.8, 4) is 5.69 Å². The number of aryl methyl sites for hydroxylation is 1. The van der Waals surface area contributed by atoms with Crippen LogP contribution in [0.1, 0.15) is 11.3 Å². The van der Waals surface area contributed by atoms with Crippen molar-refractivity contribution < 1.29 is 0 Å². The first-order valence-corrected chi connectivity index (χ1v) is 8.76. The van der Waals surface area contributed by atoms with E-state index in [1.54, 1.807) is 13.2 Å². The zero-order valence-corrected chi connectivity index (χ0v) is 18.7. The van der Waals surface area contributed by atoms with Crippen LogP contribution >= 0.6 is 35.6 Å². The van der Waals surface area contributed by atoms with E-state index in [1.165, 1.54) is 0 Å². The highest BCUT2D eigenvalue weighted by molar-refractivity contribution is 14.0. The Balaban J connectivity index is 0.00000261. The van der Waals surface area contributed by atoms with Crippen molar-refractivity contribution in [2.24, 2.45) is 12.0 Å². The van der Waals surface area contributed by atoms with Crippen LogP contribution in [0.3, 0.4) is 0 Å². The molecule has 2 aromatic heterocycles. The second kappa shape index (κ2) is 9.80. The van der Waals surface area contributed by atoms with Crippen molar-refractivity contribution in [1.29, 1.82) is 0 Å². The molecule has 0 aliphatic carbocycles. The number of halogens is 2. The molecule has 2 heterocycles. The van der Waals surface area contributed by atoms with Crippen LogP contribution in [-0.4, -0.2) is 39.3 Å². The van der Waals surface area contributed by atoms with Crippen molar-refractivity contribution in [2.75, 3.05) is 14.1 Å². The summed E-state index contributed by atoms with van der Waals surface area (Å²) in [7, 11) is 5.79. The molecule has 0 unspecified atom stereocenters. The van der Waals surface area contributed by atoms with Gasteiger partial charge in [-0.15, -0.1) is 24.0 Å². The van der Waals surface area contributed by atoms with Crippen molar-refractivity contribution in [3.05, 3.63) is 71.3 Å². The highest BCUT2D eigenvalue weighted by Crippen LogP contribution is 2.15. The minimum Gasteiger partial charge on any atom is -0.352 e. The predicted molar refractivity (Wildman–Crippen MR) is 121 cm³/mol. The lowest BCUT2D eigenvalue weighted by Gasteiger charge is -2.23. The molecule has 0 saturated carbocycles. The number of rotatable bonds is 5. The van der Waals surface area contributed by atoms with Crippen LogP contribution < -0.4 is 5.32 Å². The fraction of sp³-hybridized carbons (Fsp3) is 0.263. The number of nitrogens with one attached hydrogen (secondary N) is 1. The molecule has 1 aromatic carbocycles. The molecule has 0 spiro atoms. The Morgan fingerprint density at radius 3 is 2.70 bits per heavy atom. The number of aliphatic imine (C=N–C) groups is 1. The van der Waals surface area contributed by atoms with Crippen LogP contribution in [0.5, 0.6) is 0 Å². The number of guanidine groups is 1. The third kappa shape index (κ3) is 5.26. The summed E-state index contributed by atoms with van der Waals surface area (Å²) in [5, 5.41) is 8.50. The van der Waals surface area contributed by atoms with Gasteiger partial charge in [-0.25, -0.2) is 4.68 Å². The Morgan fingerprint density at radius 2 is 2.07 bits per heavy atom. The quantitative estimate of drug-likeness (QED) is 0.332. The number of aromatic nitrogens is 3. The van der Waals surface area contributed by atoms with E-state index in [1.807, 2.05) is 60.0 Å². The summed E-state index contributed by atoms with van der Waals surface area (Å²) >= 11 is 6.08. The SMILES string of the molecule is CN=C(NCc1ccccc1-n1cccn1)N(C)Cc1cc(Cl)cn1C.I. The van der Waals surface area contributed by atoms with Crippen LogP contribution in [-0.2, 0) is 20.1 Å². The number of para-hydroxylation sites is 1. The predicted octanol–water partition coefficient (Wildman–Crippen LogP) is 3.69. The normalized spacial score (nSPS) is 11.2. The summed E-state index contributed by atoms with van der Waals surface area (Å²) in [5.74, 6) is 0.817. The fourth-order valence-corrected chi connectivity index (χ4v) is 3.17. The first kappa shape index (κ1) is 21.3. The van der Waals surface area contributed by atoms with Crippen LogP contribution in [0, 0.1) is 0 Å². The molecular weight excluding hydrogens is 475 g/mol. The lowest BCUT2D eigenvalue weighted by Crippen LogP contribution is -2.38. The van der Waals surface area contributed by atoms with Gasteiger partial charge in [-0.3, -0.25) is 4.99 Å². The zero-order chi connectivity index (χ0) is 18.5. The zero-order valence-electron chi connectivity index (χ0n) is 15.6. The van der Waals surface area contributed by atoms with E-state index in [9.17, 15) is 0 Å². The van der Waals surface area contributed by atoms with E-state index in [0.717, 1.165) is 27.9 Å². The molecule has 0 radical (unpaired) electrons.